The van der Waals surface area contributed by atoms with Gasteiger partial charge in [-0.2, -0.15) is 0 Å². The van der Waals surface area contributed by atoms with Gasteiger partial charge in [0.15, 0.2) is 0 Å². The zero-order chi connectivity index (χ0) is 16.1. The van der Waals surface area contributed by atoms with Crippen LogP contribution in [-0.4, -0.2) is 42.1 Å². The van der Waals surface area contributed by atoms with Crippen LogP contribution in [0.2, 0.25) is 5.02 Å². The number of amides is 1. The number of carbonyl (C=O) groups excluding carboxylic acids is 1. The molecule has 1 aromatic rings. The number of likely N-dealkylation sites (tertiary alicyclic amines) is 1. The van der Waals surface area contributed by atoms with Gasteiger partial charge < -0.3 is 14.7 Å². The molecule has 1 saturated heterocycles. The maximum Gasteiger partial charge on any atom is 0.306 e. The predicted octanol–water partition coefficient (Wildman–Crippen LogP) is 2.69. The van der Waals surface area contributed by atoms with Crippen LogP contribution in [0.3, 0.4) is 0 Å². The molecule has 0 aromatic heterocycles. The second-order valence-electron chi connectivity index (χ2n) is 5.16. The number of carboxylic acid groups (broad SMARTS) is 1. The molecule has 0 spiro atoms. The summed E-state index contributed by atoms with van der Waals surface area (Å²) in [6, 6.07) is 5.18. The molecule has 118 valence electrons. The molecule has 1 aliphatic rings. The van der Waals surface area contributed by atoms with Crippen molar-refractivity contribution < 1.29 is 19.4 Å². The van der Waals surface area contributed by atoms with Gasteiger partial charge in [0.05, 0.1) is 13.0 Å². The third-order valence-corrected chi connectivity index (χ3v) is 3.99. The second-order valence-corrected chi connectivity index (χ2v) is 5.59. The Morgan fingerprint density at radius 2 is 2.05 bits per heavy atom. The predicted molar refractivity (Wildman–Crippen MR) is 84.0 cm³/mol. The fourth-order valence-corrected chi connectivity index (χ4v) is 2.63. The molecule has 6 heteroatoms. The topological polar surface area (TPSA) is 66.8 Å². The fourth-order valence-electron chi connectivity index (χ4n) is 2.45. The van der Waals surface area contributed by atoms with Crippen LogP contribution in [0.4, 0.5) is 0 Å². The van der Waals surface area contributed by atoms with Gasteiger partial charge in [0.1, 0.15) is 5.75 Å². The van der Waals surface area contributed by atoms with E-state index in [0.29, 0.717) is 36.7 Å². The van der Waals surface area contributed by atoms with Crippen molar-refractivity contribution in [2.75, 3.05) is 20.2 Å². The number of halogens is 1. The van der Waals surface area contributed by atoms with Gasteiger partial charge in [-0.25, -0.2) is 0 Å². The average molecular weight is 324 g/mol. The Bertz CT molecular complexity index is 592. The molecule has 5 nitrogen and oxygen atoms in total. The first kappa shape index (κ1) is 16.4. The summed E-state index contributed by atoms with van der Waals surface area (Å²) in [4.78, 5) is 24.7. The van der Waals surface area contributed by atoms with Gasteiger partial charge in [-0.05, 0) is 37.1 Å². The molecule has 1 N–H and O–H groups in total. The van der Waals surface area contributed by atoms with E-state index in [9.17, 15) is 9.59 Å². The number of methoxy groups -OCH3 is 1. The van der Waals surface area contributed by atoms with Gasteiger partial charge in [-0.15, -0.1) is 0 Å². The summed E-state index contributed by atoms with van der Waals surface area (Å²) in [5, 5.41) is 9.52. The zero-order valence-electron chi connectivity index (χ0n) is 12.3. The van der Waals surface area contributed by atoms with Crippen molar-refractivity contribution in [1.29, 1.82) is 0 Å². The minimum Gasteiger partial charge on any atom is -0.496 e. The first-order valence-corrected chi connectivity index (χ1v) is 7.42. The molecule has 0 saturated carbocycles. The first-order chi connectivity index (χ1) is 10.5. The van der Waals surface area contributed by atoms with Crippen LogP contribution in [0.5, 0.6) is 5.75 Å². The van der Waals surface area contributed by atoms with E-state index in [1.54, 1.807) is 36.3 Å². The summed E-state index contributed by atoms with van der Waals surface area (Å²) in [6.45, 7) is 0.930. The second kappa shape index (κ2) is 7.31. The molecule has 1 aromatic carbocycles. The minimum atomic E-state index is -0.786. The molecule has 0 bridgehead atoms. The van der Waals surface area contributed by atoms with Gasteiger partial charge in [-0.1, -0.05) is 11.6 Å². The Hall–Kier alpha value is -2.01. The smallest absolute Gasteiger partial charge is 0.306 e. The lowest BCUT2D eigenvalue weighted by Crippen LogP contribution is -2.39. The van der Waals surface area contributed by atoms with Crippen molar-refractivity contribution in [3.8, 4) is 5.75 Å². The van der Waals surface area contributed by atoms with E-state index in [4.69, 9.17) is 21.4 Å². The number of benzene rings is 1. The normalized spacial score (nSPS) is 16.0. The molecule has 2 rings (SSSR count). The number of rotatable bonds is 4. The van der Waals surface area contributed by atoms with Gasteiger partial charge in [0, 0.05) is 29.8 Å². The lowest BCUT2D eigenvalue weighted by atomic mass is 9.97. The Labute approximate surface area is 134 Å². The zero-order valence-corrected chi connectivity index (χ0v) is 13.0. The highest BCUT2D eigenvalue weighted by molar-refractivity contribution is 6.30. The molecule has 0 atom stereocenters. The molecule has 0 radical (unpaired) electrons. The quantitative estimate of drug-likeness (QED) is 0.865. The number of carboxylic acids is 1. The number of carbonyl (C=O) groups is 2. The molecule has 1 amide bonds. The molecule has 0 unspecified atom stereocenters. The number of hydrogen-bond acceptors (Lipinski definition) is 3. The Morgan fingerprint density at radius 3 is 2.64 bits per heavy atom. The average Bonchev–Trinajstić information content (AvgIpc) is 2.52. The van der Waals surface area contributed by atoms with Gasteiger partial charge in [-0.3, -0.25) is 9.59 Å². The third kappa shape index (κ3) is 4.01. The Kier molecular flexibility index (Phi) is 5.44. The van der Waals surface area contributed by atoms with E-state index in [1.807, 2.05) is 0 Å². The standard InChI is InChI=1S/C16H18ClNO4/c1-22-14-4-3-13(17)10-12(14)2-5-15(19)18-8-6-11(7-9-18)16(20)21/h2-5,10-11H,6-9H2,1H3,(H,20,21). The van der Waals surface area contributed by atoms with Gasteiger partial charge >= 0.3 is 5.97 Å². The minimum absolute atomic E-state index is 0.133. The Balaban J connectivity index is 2.00. The molecule has 0 aliphatic carbocycles. The first-order valence-electron chi connectivity index (χ1n) is 7.04. The largest absolute Gasteiger partial charge is 0.496 e. The van der Waals surface area contributed by atoms with E-state index in [0.717, 1.165) is 5.56 Å². The van der Waals surface area contributed by atoms with Crippen molar-refractivity contribution in [2.45, 2.75) is 12.8 Å². The molecular weight excluding hydrogens is 306 g/mol. The van der Waals surface area contributed by atoms with Crippen molar-refractivity contribution >= 4 is 29.6 Å². The highest BCUT2D eigenvalue weighted by Gasteiger charge is 2.25. The number of nitrogens with zero attached hydrogens (tertiary/aromatic N) is 1. The summed E-state index contributed by atoms with van der Waals surface area (Å²) in [5.74, 6) is -0.628. The Morgan fingerprint density at radius 1 is 1.36 bits per heavy atom. The third-order valence-electron chi connectivity index (χ3n) is 3.75. The van der Waals surface area contributed by atoms with E-state index in [-0.39, 0.29) is 11.8 Å². The van der Waals surface area contributed by atoms with Crippen LogP contribution in [-0.2, 0) is 9.59 Å². The van der Waals surface area contributed by atoms with Crippen molar-refractivity contribution in [3.05, 3.63) is 34.9 Å². The SMILES string of the molecule is COc1ccc(Cl)cc1C=CC(=O)N1CCC(C(=O)O)CC1. The summed E-state index contributed by atoms with van der Waals surface area (Å²) >= 11 is 5.94. The number of hydrogen-bond donors (Lipinski definition) is 1. The lowest BCUT2D eigenvalue weighted by molar-refractivity contribution is -0.144. The maximum atomic E-state index is 12.2. The number of piperidine rings is 1. The van der Waals surface area contributed by atoms with E-state index >= 15 is 0 Å². The monoisotopic (exact) mass is 323 g/mol. The van der Waals surface area contributed by atoms with E-state index < -0.39 is 5.97 Å². The van der Waals surface area contributed by atoms with Crippen LogP contribution in [0, 0.1) is 5.92 Å². The molecule has 1 heterocycles. The van der Waals surface area contributed by atoms with Crippen molar-refractivity contribution in [1.82, 2.24) is 4.90 Å². The van der Waals surface area contributed by atoms with Crippen LogP contribution in [0.25, 0.3) is 6.08 Å². The van der Waals surface area contributed by atoms with Crippen LogP contribution in [0.15, 0.2) is 24.3 Å². The van der Waals surface area contributed by atoms with E-state index in [2.05, 4.69) is 0 Å². The summed E-state index contributed by atoms with van der Waals surface area (Å²) in [7, 11) is 1.55. The van der Waals surface area contributed by atoms with Crippen LogP contribution in [0.1, 0.15) is 18.4 Å². The summed E-state index contributed by atoms with van der Waals surface area (Å²) in [6.07, 6.45) is 4.12. The summed E-state index contributed by atoms with van der Waals surface area (Å²) < 4.78 is 5.22. The molecule has 22 heavy (non-hydrogen) atoms. The van der Waals surface area contributed by atoms with Gasteiger partial charge in [0.2, 0.25) is 5.91 Å². The van der Waals surface area contributed by atoms with Crippen LogP contribution >= 0.6 is 11.6 Å². The number of aliphatic carboxylic acids is 1. The van der Waals surface area contributed by atoms with Crippen LogP contribution < -0.4 is 4.74 Å². The van der Waals surface area contributed by atoms with Gasteiger partial charge in [0.25, 0.3) is 0 Å². The van der Waals surface area contributed by atoms with E-state index in [1.165, 1.54) is 6.08 Å². The summed E-state index contributed by atoms with van der Waals surface area (Å²) in [5.41, 5.74) is 0.726. The lowest BCUT2D eigenvalue weighted by Gasteiger charge is -2.29. The highest BCUT2D eigenvalue weighted by atomic mass is 35.5. The fraction of sp³-hybridized carbons (Fsp3) is 0.375. The molecular formula is C16H18ClNO4. The highest BCUT2D eigenvalue weighted by Crippen LogP contribution is 2.24. The molecule has 1 fully saturated rings. The van der Waals surface area contributed by atoms with Crippen molar-refractivity contribution in [2.24, 2.45) is 5.92 Å². The molecule has 1 aliphatic heterocycles. The van der Waals surface area contributed by atoms with Crippen molar-refractivity contribution in [3.63, 3.8) is 0 Å². The number of ether oxygens (including phenoxy) is 1. The maximum absolute atomic E-state index is 12.2.